The number of hydrogen-bond donors (Lipinski definition) is 1. The largest absolute Gasteiger partial charge is 0.416 e. The lowest BCUT2D eigenvalue weighted by Gasteiger charge is -2.35. The number of nitrogens with one attached hydrogen (secondary N) is 1. The maximum absolute atomic E-state index is 13.1. The number of rotatable bonds is 10. The summed E-state index contributed by atoms with van der Waals surface area (Å²) in [6.07, 6.45) is -3.08. The standard InChI is InChI=1S/C22H32F3N2O5P/c1-4-31-33(30,32-5-2)15-12-20(26-16(3)28)21(29)27-13-10-18(11-14-27)17-6-8-19(9-7-17)22(23,24)25/h6-9,18,20H,4-5,10-15H2,1-3H3,(H,26,28)/t20-/m0/s1. The molecule has 0 bridgehead atoms. The van der Waals surface area contributed by atoms with Crippen molar-refractivity contribution >= 4 is 19.4 Å². The molecule has 0 saturated carbocycles. The molecular formula is C22H32F3N2O5P. The number of piperidine rings is 1. The van der Waals surface area contributed by atoms with Crippen LogP contribution in [0.5, 0.6) is 0 Å². The van der Waals surface area contributed by atoms with Crippen LogP contribution in [0.4, 0.5) is 13.2 Å². The summed E-state index contributed by atoms with van der Waals surface area (Å²) in [6.45, 7) is 5.93. The van der Waals surface area contributed by atoms with Crippen molar-refractivity contribution in [3.63, 3.8) is 0 Å². The molecule has 2 rings (SSSR count). The van der Waals surface area contributed by atoms with Gasteiger partial charge in [-0.15, -0.1) is 0 Å². The van der Waals surface area contributed by atoms with E-state index >= 15 is 0 Å². The van der Waals surface area contributed by atoms with Crippen molar-refractivity contribution in [3.05, 3.63) is 35.4 Å². The molecular weight excluding hydrogens is 460 g/mol. The zero-order valence-corrected chi connectivity index (χ0v) is 20.1. The van der Waals surface area contributed by atoms with Gasteiger partial charge in [0.15, 0.2) is 0 Å². The second-order valence-electron chi connectivity index (χ2n) is 7.93. The van der Waals surface area contributed by atoms with Crippen molar-refractivity contribution in [1.29, 1.82) is 0 Å². The van der Waals surface area contributed by atoms with Gasteiger partial charge < -0.3 is 19.3 Å². The predicted molar refractivity (Wildman–Crippen MR) is 118 cm³/mol. The fourth-order valence-corrected chi connectivity index (χ4v) is 5.64. The summed E-state index contributed by atoms with van der Waals surface area (Å²) in [7, 11) is -3.36. The number of carbonyl (C=O) groups is 2. The molecule has 1 aromatic carbocycles. The topological polar surface area (TPSA) is 84.9 Å². The second-order valence-corrected chi connectivity index (χ2v) is 10.1. The Balaban J connectivity index is 2.00. The highest BCUT2D eigenvalue weighted by molar-refractivity contribution is 7.53. The first-order chi connectivity index (χ1) is 15.5. The SMILES string of the molecule is CCOP(=O)(CC[C@H](NC(C)=O)C(=O)N1CCC(c2ccc(C(F)(F)F)cc2)CC1)OCC. The fourth-order valence-electron chi connectivity index (χ4n) is 3.95. The van der Waals surface area contributed by atoms with Crippen LogP contribution in [0.2, 0.25) is 0 Å². The molecule has 11 heteroatoms. The molecule has 0 spiro atoms. The molecule has 1 fully saturated rings. The van der Waals surface area contributed by atoms with Crippen molar-refractivity contribution in [2.75, 3.05) is 32.5 Å². The zero-order valence-electron chi connectivity index (χ0n) is 19.2. The number of alkyl halides is 3. The maximum atomic E-state index is 13.1. The Kier molecular flexibility index (Phi) is 9.94. The first kappa shape index (κ1) is 27.3. The van der Waals surface area contributed by atoms with Gasteiger partial charge in [0, 0.05) is 20.0 Å². The average Bonchev–Trinajstić information content (AvgIpc) is 2.76. The maximum Gasteiger partial charge on any atom is 0.416 e. The van der Waals surface area contributed by atoms with E-state index in [0.29, 0.717) is 25.9 Å². The van der Waals surface area contributed by atoms with Gasteiger partial charge in [-0.2, -0.15) is 13.2 Å². The predicted octanol–water partition coefficient (Wildman–Crippen LogP) is 4.57. The number of halogens is 3. The lowest BCUT2D eigenvalue weighted by Crippen LogP contribution is -2.50. The third-order valence-electron chi connectivity index (χ3n) is 5.53. The smallest absolute Gasteiger partial charge is 0.345 e. The minimum Gasteiger partial charge on any atom is -0.345 e. The highest BCUT2D eigenvalue weighted by Crippen LogP contribution is 2.48. The quantitative estimate of drug-likeness (QED) is 0.484. The number of amides is 2. The van der Waals surface area contributed by atoms with E-state index in [2.05, 4.69) is 5.32 Å². The molecule has 1 N–H and O–H groups in total. The zero-order chi connectivity index (χ0) is 24.6. The molecule has 1 saturated heterocycles. The number of hydrogen-bond acceptors (Lipinski definition) is 5. The molecule has 0 aromatic heterocycles. The van der Waals surface area contributed by atoms with Crippen LogP contribution >= 0.6 is 7.60 Å². The van der Waals surface area contributed by atoms with Crippen LogP contribution in [0.3, 0.4) is 0 Å². The van der Waals surface area contributed by atoms with Crippen LogP contribution < -0.4 is 5.32 Å². The summed E-state index contributed by atoms with van der Waals surface area (Å²) in [6, 6.07) is 4.27. The number of benzene rings is 1. The highest BCUT2D eigenvalue weighted by atomic mass is 31.2. The van der Waals surface area contributed by atoms with E-state index in [4.69, 9.17) is 9.05 Å². The normalized spacial score (nSPS) is 16.5. The summed E-state index contributed by atoms with van der Waals surface area (Å²) < 4.78 is 61.6. The van der Waals surface area contributed by atoms with Gasteiger partial charge in [0.25, 0.3) is 0 Å². The molecule has 0 unspecified atom stereocenters. The van der Waals surface area contributed by atoms with Crippen molar-refractivity contribution in [1.82, 2.24) is 10.2 Å². The van der Waals surface area contributed by atoms with Crippen LogP contribution in [0.1, 0.15) is 57.1 Å². The van der Waals surface area contributed by atoms with E-state index < -0.39 is 25.4 Å². The molecule has 2 amide bonds. The summed E-state index contributed by atoms with van der Waals surface area (Å²) in [5.74, 6) is -0.613. The number of likely N-dealkylation sites (tertiary alicyclic amines) is 1. The van der Waals surface area contributed by atoms with Gasteiger partial charge >= 0.3 is 13.8 Å². The third-order valence-corrected chi connectivity index (χ3v) is 7.64. The molecule has 1 heterocycles. The van der Waals surface area contributed by atoms with E-state index in [-0.39, 0.29) is 43.5 Å². The van der Waals surface area contributed by atoms with E-state index in [0.717, 1.165) is 17.7 Å². The van der Waals surface area contributed by atoms with Crippen molar-refractivity contribution in [3.8, 4) is 0 Å². The van der Waals surface area contributed by atoms with Gasteiger partial charge in [0.1, 0.15) is 6.04 Å². The molecule has 33 heavy (non-hydrogen) atoms. The van der Waals surface area contributed by atoms with Crippen LogP contribution in [0.15, 0.2) is 24.3 Å². The van der Waals surface area contributed by atoms with Crippen LogP contribution in [0.25, 0.3) is 0 Å². The van der Waals surface area contributed by atoms with Gasteiger partial charge in [-0.25, -0.2) is 0 Å². The van der Waals surface area contributed by atoms with Crippen molar-refractivity contribution in [2.45, 2.75) is 58.2 Å². The minimum atomic E-state index is -4.37. The Morgan fingerprint density at radius 2 is 1.67 bits per heavy atom. The van der Waals surface area contributed by atoms with Crippen LogP contribution in [-0.4, -0.2) is 55.2 Å². The van der Waals surface area contributed by atoms with Crippen LogP contribution in [0, 0.1) is 0 Å². The van der Waals surface area contributed by atoms with Crippen molar-refractivity contribution < 1.29 is 36.4 Å². The molecule has 0 aliphatic carbocycles. The lowest BCUT2D eigenvalue weighted by atomic mass is 9.88. The summed E-state index contributed by atoms with van der Waals surface area (Å²) in [5.41, 5.74) is 0.122. The first-order valence-electron chi connectivity index (χ1n) is 11.1. The monoisotopic (exact) mass is 492 g/mol. The molecule has 1 atom stereocenters. The second kappa shape index (κ2) is 12.0. The number of carbonyl (C=O) groups excluding carboxylic acids is 2. The average molecular weight is 492 g/mol. The van der Waals surface area contributed by atoms with Gasteiger partial charge in [-0.3, -0.25) is 14.2 Å². The Morgan fingerprint density at radius 3 is 2.12 bits per heavy atom. The number of nitrogens with zero attached hydrogens (tertiary/aromatic N) is 1. The van der Waals surface area contributed by atoms with E-state index in [1.165, 1.54) is 19.1 Å². The van der Waals surface area contributed by atoms with Gasteiger partial charge in [-0.05, 0) is 56.7 Å². The van der Waals surface area contributed by atoms with Crippen molar-refractivity contribution in [2.24, 2.45) is 0 Å². The molecule has 1 aliphatic heterocycles. The Morgan fingerprint density at radius 1 is 1.12 bits per heavy atom. The van der Waals surface area contributed by atoms with Crippen LogP contribution in [-0.2, 0) is 29.4 Å². The summed E-state index contributed by atoms with van der Waals surface area (Å²) in [5, 5.41) is 2.63. The van der Waals surface area contributed by atoms with Gasteiger partial charge in [-0.1, -0.05) is 12.1 Å². The van der Waals surface area contributed by atoms with E-state index in [1.54, 1.807) is 18.7 Å². The van der Waals surface area contributed by atoms with Gasteiger partial charge in [0.05, 0.1) is 24.9 Å². The fraction of sp³-hybridized carbons (Fsp3) is 0.636. The molecule has 0 radical (unpaired) electrons. The highest BCUT2D eigenvalue weighted by Gasteiger charge is 2.33. The Hall–Kier alpha value is -1.90. The molecule has 186 valence electrons. The van der Waals surface area contributed by atoms with E-state index in [1.807, 2.05) is 0 Å². The molecule has 1 aliphatic rings. The van der Waals surface area contributed by atoms with E-state index in [9.17, 15) is 27.3 Å². The molecule has 7 nitrogen and oxygen atoms in total. The lowest BCUT2D eigenvalue weighted by molar-refractivity contribution is -0.138. The molecule has 1 aromatic rings. The first-order valence-corrected chi connectivity index (χ1v) is 12.8. The summed E-state index contributed by atoms with van der Waals surface area (Å²) >= 11 is 0. The third kappa shape index (κ3) is 8.12. The Labute approximate surface area is 192 Å². The summed E-state index contributed by atoms with van der Waals surface area (Å²) in [4.78, 5) is 26.4. The van der Waals surface area contributed by atoms with Gasteiger partial charge in [0.2, 0.25) is 11.8 Å². The Bertz CT molecular complexity index is 829. The minimum absolute atomic E-state index is 0.00656.